The molecule has 11 heteroatoms. The van der Waals surface area contributed by atoms with E-state index in [4.69, 9.17) is 19.3 Å². The average Bonchev–Trinajstić information content (AvgIpc) is 3.24. The molecule has 3 aliphatic rings. The molecule has 6 rings (SSSR count). The first kappa shape index (κ1) is 23.7. The third-order valence-corrected chi connectivity index (χ3v) is 7.21. The lowest BCUT2D eigenvalue weighted by Gasteiger charge is -2.18. The molecule has 37 heavy (non-hydrogen) atoms. The summed E-state index contributed by atoms with van der Waals surface area (Å²) in [5.41, 5.74) is 3.29. The first-order chi connectivity index (χ1) is 18.0. The minimum absolute atomic E-state index is 0.0692. The maximum Gasteiger partial charge on any atom is 0.255 e. The van der Waals surface area contributed by atoms with E-state index in [1.54, 1.807) is 6.92 Å². The zero-order chi connectivity index (χ0) is 25.5. The molecule has 1 amide bonds. The molecule has 11 nitrogen and oxygen atoms in total. The van der Waals surface area contributed by atoms with Crippen molar-refractivity contribution in [2.75, 3.05) is 33.1 Å². The lowest BCUT2D eigenvalue weighted by molar-refractivity contribution is -0.123. The zero-order valence-electron chi connectivity index (χ0n) is 20.5. The third-order valence-electron chi connectivity index (χ3n) is 7.21. The Hall–Kier alpha value is -3.70. The summed E-state index contributed by atoms with van der Waals surface area (Å²) in [4.78, 5) is 38.2. The van der Waals surface area contributed by atoms with Crippen LogP contribution in [-0.4, -0.2) is 70.9 Å². The number of aliphatic hydroxyl groups is 1. The summed E-state index contributed by atoms with van der Waals surface area (Å²) in [5, 5.41) is 15.3. The SMILES string of the molecule is Cc1[nH]c2c(-c3c(OCC4CC4)ccc4c3OCO4)ncnc2c1C(=O)N[C@H]1CNC[C@@H]1C(=O)CCO. The summed E-state index contributed by atoms with van der Waals surface area (Å²) < 4.78 is 17.6. The van der Waals surface area contributed by atoms with E-state index in [-0.39, 0.29) is 43.5 Å². The molecule has 0 bridgehead atoms. The number of aliphatic hydroxyl groups excluding tert-OH is 1. The second-order valence-electron chi connectivity index (χ2n) is 9.78. The van der Waals surface area contributed by atoms with Crippen LogP contribution in [0.25, 0.3) is 22.3 Å². The van der Waals surface area contributed by atoms with Gasteiger partial charge in [0.2, 0.25) is 6.79 Å². The minimum Gasteiger partial charge on any atom is -0.492 e. The molecule has 1 aliphatic carbocycles. The molecule has 194 valence electrons. The quantitative estimate of drug-likeness (QED) is 0.340. The highest BCUT2D eigenvalue weighted by atomic mass is 16.7. The molecule has 1 saturated carbocycles. The molecule has 3 aromatic rings. The number of rotatable bonds is 9. The number of amides is 1. The average molecular weight is 508 g/mol. The Morgan fingerprint density at radius 3 is 2.89 bits per heavy atom. The summed E-state index contributed by atoms with van der Waals surface area (Å²) in [7, 11) is 0. The van der Waals surface area contributed by atoms with Gasteiger partial charge in [0, 0.05) is 31.8 Å². The van der Waals surface area contributed by atoms with E-state index in [9.17, 15) is 9.59 Å². The molecule has 0 spiro atoms. The molecule has 0 unspecified atom stereocenters. The Morgan fingerprint density at radius 1 is 1.22 bits per heavy atom. The smallest absolute Gasteiger partial charge is 0.255 e. The molecule has 0 radical (unpaired) electrons. The third kappa shape index (κ3) is 4.38. The molecular formula is C26H29N5O6. The topological polar surface area (TPSA) is 148 Å². The number of H-pyrrole nitrogens is 1. The van der Waals surface area contributed by atoms with Crippen LogP contribution in [0.4, 0.5) is 0 Å². The zero-order valence-corrected chi connectivity index (χ0v) is 20.5. The number of hydrogen-bond acceptors (Lipinski definition) is 9. The molecule has 2 fully saturated rings. The lowest BCUT2D eigenvalue weighted by atomic mass is 9.96. The Labute approximate surface area is 212 Å². The second kappa shape index (κ2) is 9.64. The van der Waals surface area contributed by atoms with Gasteiger partial charge >= 0.3 is 0 Å². The fourth-order valence-corrected chi connectivity index (χ4v) is 5.08. The van der Waals surface area contributed by atoms with Gasteiger partial charge in [0.1, 0.15) is 29.1 Å². The predicted molar refractivity (Wildman–Crippen MR) is 133 cm³/mol. The molecule has 2 aliphatic heterocycles. The maximum atomic E-state index is 13.5. The maximum absolute atomic E-state index is 13.5. The Bertz CT molecular complexity index is 1370. The molecule has 1 saturated heterocycles. The lowest BCUT2D eigenvalue weighted by Crippen LogP contribution is -2.43. The van der Waals surface area contributed by atoms with Gasteiger partial charge in [-0.15, -0.1) is 0 Å². The Balaban J connectivity index is 1.36. The van der Waals surface area contributed by atoms with Crippen molar-refractivity contribution in [3.05, 3.63) is 29.7 Å². The number of aromatic amines is 1. The highest BCUT2D eigenvalue weighted by molar-refractivity contribution is 6.09. The molecule has 4 N–H and O–H groups in total. The van der Waals surface area contributed by atoms with Gasteiger partial charge in [-0.2, -0.15) is 0 Å². The number of aryl methyl sites for hydroxylation is 1. The van der Waals surface area contributed by atoms with Gasteiger partial charge in [-0.05, 0) is 37.8 Å². The van der Waals surface area contributed by atoms with Gasteiger partial charge < -0.3 is 34.9 Å². The van der Waals surface area contributed by atoms with Crippen LogP contribution in [-0.2, 0) is 4.79 Å². The van der Waals surface area contributed by atoms with E-state index in [2.05, 4.69) is 25.6 Å². The number of nitrogens with zero attached hydrogens (tertiary/aromatic N) is 2. The van der Waals surface area contributed by atoms with Crippen molar-refractivity contribution >= 4 is 22.7 Å². The molecule has 2 atom stereocenters. The van der Waals surface area contributed by atoms with Gasteiger partial charge in [0.05, 0.1) is 35.2 Å². The van der Waals surface area contributed by atoms with Gasteiger partial charge in [-0.1, -0.05) is 0 Å². The van der Waals surface area contributed by atoms with Crippen molar-refractivity contribution in [1.82, 2.24) is 25.6 Å². The van der Waals surface area contributed by atoms with Crippen molar-refractivity contribution in [3.63, 3.8) is 0 Å². The number of benzene rings is 1. The molecule has 2 aromatic heterocycles. The van der Waals surface area contributed by atoms with Crippen molar-refractivity contribution in [1.29, 1.82) is 0 Å². The van der Waals surface area contributed by atoms with Gasteiger partial charge in [-0.25, -0.2) is 9.97 Å². The van der Waals surface area contributed by atoms with E-state index in [1.807, 2.05) is 12.1 Å². The standard InChI is InChI=1S/C26H29N5O6/c1-13-20(26(34)31-16-9-27-8-15(16)17(33)6-7-32)22-24(30-13)23(29-11-28-22)21-18(35-10-14-2-3-14)4-5-19-25(21)37-12-36-19/h4-5,11,14-16,27,30,32H,2-3,6-10,12H2,1H3,(H,31,34)/t15-,16-/m0/s1. The highest BCUT2D eigenvalue weighted by Gasteiger charge is 2.35. The van der Waals surface area contributed by atoms with Crippen LogP contribution in [0.1, 0.15) is 35.3 Å². The van der Waals surface area contributed by atoms with Crippen LogP contribution in [0.15, 0.2) is 18.5 Å². The first-order valence-electron chi connectivity index (χ1n) is 12.6. The number of carbonyl (C=O) groups excluding carboxylic acids is 2. The first-order valence-corrected chi connectivity index (χ1v) is 12.6. The van der Waals surface area contributed by atoms with E-state index in [0.717, 1.165) is 12.8 Å². The van der Waals surface area contributed by atoms with E-state index >= 15 is 0 Å². The summed E-state index contributed by atoms with van der Waals surface area (Å²) in [6, 6.07) is 3.32. The number of ketones is 1. The van der Waals surface area contributed by atoms with Crippen molar-refractivity contribution in [2.24, 2.45) is 11.8 Å². The van der Waals surface area contributed by atoms with E-state index in [1.165, 1.54) is 6.33 Å². The van der Waals surface area contributed by atoms with Crippen molar-refractivity contribution in [2.45, 2.75) is 32.2 Å². The van der Waals surface area contributed by atoms with E-state index in [0.29, 0.717) is 76.4 Å². The Kier molecular flexibility index (Phi) is 6.17. The van der Waals surface area contributed by atoms with Crippen LogP contribution in [0.2, 0.25) is 0 Å². The van der Waals surface area contributed by atoms with Crippen molar-refractivity contribution in [3.8, 4) is 28.5 Å². The molecular weight excluding hydrogens is 478 g/mol. The van der Waals surface area contributed by atoms with Crippen LogP contribution in [0.3, 0.4) is 0 Å². The number of carbonyl (C=O) groups is 2. The number of Topliss-reactive ketones (excluding diaryl/α,β-unsaturated/α-hetero) is 1. The highest BCUT2D eigenvalue weighted by Crippen LogP contribution is 2.48. The van der Waals surface area contributed by atoms with Crippen molar-refractivity contribution < 1.29 is 28.9 Å². The minimum atomic E-state index is -0.387. The summed E-state index contributed by atoms with van der Waals surface area (Å²) in [5.74, 6) is 1.57. The summed E-state index contributed by atoms with van der Waals surface area (Å²) in [6.45, 7) is 3.26. The Morgan fingerprint density at radius 2 is 2.08 bits per heavy atom. The van der Waals surface area contributed by atoms with Crippen LogP contribution in [0, 0.1) is 18.8 Å². The van der Waals surface area contributed by atoms with Gasteiger partial charge in [0.25, 0.3) is 5.91 Å². The van der Waals surface area contributed by atoms with Gasteiger partial charge in [-0.3, -0.25) is 9.59 Å². The fraction of sp³-hybridized carbons (Fsp3) is 0.462. The number of fused-ring (bicyclic) bond motifs is 2. The molecule has 1 aromatic carbocycles. The van der Waals surface area contributed by atoms with E-state index < -0.39 is 0 Å². The largest absolute Gasteiger partial charge is 0.492 e. The fourth-order valence-electron chi connectivity index (χ4n) is 5.08. The van der Waals surface area contributed by atoms with Gasteiger partial charge in [0.15, 0.2) is 11.5 Å². The van der Waals surface area contributed by atoms with Crippen LogP contribution >= 0.6 is 0 Å². The summed E-state index contributed by atoms with van der Waals surface area (Å²) in [6.07, 6.45) is 3.82. The number of hydrogen-bond donors (Lipinski definition) is 4. The number of ether oxygens (including phenoxy) is 3. The summed E-state index contributed by atoms with van der Waals surface area (Å²) >= 11 is 0. The molecule has 4 heterocycles. The van der Waals surface area contributed by atoms with Crippen LogP contribution < -0.4 is 24.8 Å². The number of aromatic nitrogens is 3. The predicted octanol–water partition coefficient (Wildman–Crippen LogP) is 1.72. The second-order valence-corrected chi connectivity index (χ2v) is 9.78. The monoisotopic (exact) mass is 507 g/mol. The normalized spacial score (nSPS) is 20.4. The number of nitrogens with one attached hydrogen (secondary N) is 3. The van der Waals surface area contributed by atoms with Crippen LogP contribution in [0.5, 0.6) is 17.2 Å².